The first-order valence-corrected chi connectivity index (χ1v) is 9.28. The lowest BCUT2D eigenvalue weighted by Gasteiger charge is -2.22. The quantitative estimate of drug-likeness (QED) is 0.657. The van der Waals surface area contributed by atoms with Gasteiger partial charge in [-0.1, -0.05) is 30.3 Å². The van der Waals surface area contributed by atoms with Crippen LogP contribution in [0.5, 0.6) is 0 Å². The Labute approximate surface area is 156 Å². The topological polar surface area (TPSA) is 49.4 Å². The predicted molar refractivity (Wildman–Crippen MR) is 108 cm³/mol. The van der Waals surface area contributed by atoms with E-state index in [1.165, 1.54) is 5.69 Å². The van der Waals surface area contributed by atoms with Gasteiger partial charge in [0.15, 0.2) is 5.78 Å². The molecule has 2 aromatic rings. The molecule has 1 N–H and O–H groups in total. The van der Waals surface area contributed by atoms with Gasteiger partial charge in [-0.3, -0.25) is 9.59 Å². The van der Waals surface area contributed by atoms with Crippen LogP contribution in [0.15, 0.2) is 48.5 Å². The van der Waals surface area contributed by atoms with Crippen molar-refractivity contribution in [2.45, 2.75) is 40.0 Å². The molecule has 4 heteroatoms. The van der Waals surface area contributed by atoms with Gasteiger partial charge in [-0.25, -0.2) is 0 Å². The summed E-state index contributed by atoms with van der Waals surface area (Å²) < 4.78 is 0. The van der Waals surface area contributed by atoms with Crippen LogP contribution in [-0.2, 0) is 4.79 Å². The molecule has 4 nitrogen and oxygen atoms in total. The Hall–Kier alpha value is -2.62. The van der Waals surface area contributed by atoms with Gasteiger partial charge in [-0.05, 0) is 51.0 Å². The third-order valence-corrected chi connectivity index (χ3v) is 4.52. The first kappa shape index (κ1) is 19.7. The Bertz CT molecular complexity index is 737. The zero-order valence-electron chi connectivity index (χ0n) is 15.9. The lowest BCUT2D eigenvalue weighted by atomic mass is 10.1. The van der Waals surface area contributed by atoms with Gasteiger partial charge in [0, 0.05) is 42.9 Å². The minimum Gasteiger partial charge on any atom is -0.372 e. The number of hydrogen-bond acceptors (Lipinski definition) is 3. The van der Waals surface area contributed by atoms with Crippen LogP contribution in [0.25, 0.3) is 0 Å². The summed E-state index contributed by atoms with van der Waals surface area (Å²) in [6, 6.07) is 15.3. The van der Waals surface area contributed by atoms with Crippen LogP contribution in [0, 0.1) is 6.92 Å². The fourth-order valence-electron chi connectivity index (χ4n) is 2.96. The molecule has 0 atom stereocenters. The summed E-state index contributed by atoms with van der Waals surface area (Å²) in [5.74, 6) is 0.0303. The first-order chi connectivity index (χ1) is 12.5. The average Bonchev–Trinajstić information content (AvgIpc) is 2.65. The number of ketones is 1. The number of anilines is 2. The molecule has 0 spiro atoms. The first-order valence-electron chi connectivity index (χ1n) is 9.28. The normalized spacial score (nSPS) is 10.4. The number of hydrogen-bond donors (Lipinski definition) is 1. The van der Waals surface area contributed by atoms with Gasteiger partial charge >= 0.3 is 0 Å². The fourth-order valence-corrected chi connectivity index (χ4v) is 2.96. The maximum Gasteiger partial charge on any atom is 0.224 e. The predicted octanol–water partition coefficient (Wildman–Crippen LogP) is 4.83. The lowest BCUT2D eigenvalue weighted by Crippen LogP contribution is -2.22. The molecule has 138 valence electrons. The maximum absolute atomic E-state index is 12.2. The Morgan fingerprint density at radius 3 is 2.27 bits per heavy atom. The number of amides is 1. The molecule has 0 radical (unpaired) electrons. The highest BCUT2D eigenvalue weighted by atomic mass is 16.1. The van der Waals surface area contributed by atoms with Gasteiger partial charge in [0.25, 0.3) is 0 Å². The number of carbonyl (C=O) groups excluding carboxylic acids is 2. The second kappa shape index (κ2) is 9.76. The molecule has 2 aromatic carbocycles. The van der Waals surface area contributed by atoms with E-state index in [0.29, 0.717) is 24.8 Å². The molecule has 1 amide bonds. The summed E-state index contributed by atoms with van der Waals surface area (Å²) in [5.41, 5.74) is 3.75. The number of nitrogens with zero attached hydrogens (tertiary/aromatic N) is 1. The van der Waals surface area contributed by atoms with Crippen LogP contribution in [-0.4, -0.2) is 24.8 Å². The molecule has 2 rings (SSSR count). The van der Waals surface area contributed by atoms with Crippen molar-refractivity contribution in [1.29, 1.82) is 0 Å². The molecule has 0 aliphatic carbocycles. The SMILES string of the molecule is CCN(CC)c1ccc(NC(=O)CCCC(=O)c2ccccc2)c(C)c1. The third-order valence-electron chi connectivity index (χ3n) is 4.52. The van der Waals surface area contributed by atoms with E-state index in [9.17, 15) is 9.59 Å². The summed E-state index contributed by atoms with van der Waals surface area (Å²) in [6.07, 6.45) is 1.28. The van der Waals surface area contributed by atoms with Crippen LogP contribution >= 0.6 is 0 Å². The summed E-state index contributed by atoms with van der Waals surface area (Å²) in [7, 11) is 0. The molecule has 0 saturated carbocycles. The van der Waals surface area contributed by atoms with E-state index in [-0.39, 0.29) is 11.7 Å². The average molecular weight is 352 g/mol. The second-order valence-corrected chi connectivity index (χ2v) is 6.36. The van der Waals surface area contributed by atoms with Crippen LogP contribution in [0.2, 0.25) is 0 Å². The molecule has 0 fully saturated rings. The number of carbonyl (C=O) groups is 2. The van der Waals surface area contributed by atoms with Crippen molar-refractivity contribution >= 4 is 23.1 Å². The Balaban J connectivity index is 1.85. The number of rotatable bonds is 9. The number of nitrogens with one attached hydrogen (secondary N) is 1. The number of Topliss-reactive ketones (excluding diaryl/α,β-unsaturated/α-hetero) is 1. The molecule has 0 aliphatic rings. The van der Waals surface area contributed by atoms with Gasteiger partial charge in [0.2, 0.25) is 5.91 Å². The van der Waals surface area contributed by atoms with Gasteiger partial charge in [-0.2, -0.15) is 0 Å². The molecule has 0 aromatic heterocycles. The molecule has 26 heavy (non-hydrogen) atoms. The van der Waals surface area contributed by atoms with Crippen LogP contribution < -0.4 is 10.2 Å². The minimum absolute atomic E-state index is 0.0513. The van der Waals surface area contributed by atoms with E-state index in [1.807, 2.05) is 49.4 Å². The van der Waals surface area contributed by atoms with Crippen LogP contribution in [0.4, 0.5) is 11.4 Å². The van der Waals surface area contributed by atoms with Crippen molar-refractivity contribution in [3.63, 3.8) is 0 Å². The molecule has 0 bridgehead atoms. The number of benzene rings is 2. The third kappa shape index (κ3) is 5.45. The van der Waals surface area contributed by atoms with E-state index in [0.717, 1.165) is 24.3 Å². The van der Waals surface area contributed by atoms with Crippen molar-refractivity contribution in [3.05, 3.63) is 59.7 Å². The highest BCUT2D eigenvalue weighted by Crippen LogP contribution is 2.23. The Morgan fingerprint density at radius 2 is 1.65 bits per heavy atom. The minimum atomic E-state index is -0.0513. The van der Waals surface area contributed by atoms with E-state index in [2.05, 4.69) is 30.1 Å². The van der Waals surface area contributed by atoms with E-state index in [4.69, 9.17) is 0 Å². The molecular weight excluding hydrogens is 324 g/mol. The van der Waals surface area contributed by atoms with Gasteiger partial charge in [0.1, 0.15) is 0 Å². The fraction of sp³-hybridized carbons (Fsp3) is 0.364. The van der Waals surface area contributed by atoms with Crippen molar-refractivity contribution in [2.75, 3.05) is 23.3 Å². The molecule has 0 saturated heterocycles. The highest BCUT2D eigenvalue weighted by molar-refractivity contribution is 5.96. The maximum atomic E-state index is 12.2. The monoisotopic (exact) mass is 352 g/mol. The summed E-state index contributed by atoms with van der Waals surface area (Å²) in [4.78, 5) is 26.5. The van der Waals surface area contributed by atoms with Crippen molar-refractivity contribution < 1.29 is 9.59 Å². The van der Waals surface area contributed by atoms with Crippen molar-refractivity contribution in [3.8, 4) is 0 Å². The Morgan fingerprint density at radius 1 is 0.962 bits per heavy atom. The molecule has 0 heterocycles. The summed E-state index contributed by atoms with van der Waals surface area (Å²) in [6.45, 7) is 8.17. The smallest absolute Gasteiger partial charge is 0.224 e. The molecular formula is C22H28N2O2. The van der Waals surface area contributed by atoms with Gasteiger partial charge in [-0.15, -0.1) is 0 Å². The van der Waals surface area contributed by atoms with Crippen molar-refractivity contribution in [2.24, 2.45) is 0 Å². The van der Waals surface area contributed by atoms with Gasteiger partial charge in [0.05, 0.1) is 0 Å². The van der Waals surface area contributed by atoms with Crippen LogP contribution in [0.1, 0.15) is 49.0 Å². The second-order valence-electron chi connectivity index (χ2n) is 6.36. The molecule has 0 unspecified atom stereocenters. The van der Waals surface area contributed by atoms with Gasteiger partial charge < -0.3 is 10.2 Å². The van der Waals surface area contributed by atoms with Crippen molar-refractivity contribution in [1.82, 2.24) is 0 Å². The van der Waals surface area contributed by atoms with E-state index in [1.54, 1.807) is 0 Å². The Kier molecular flexibility index (Phi) is 7.39. The van der Waals surface area contributed by atoms with Crippen LogP contribution in [0.3, 0.4) is 0 Å². The highest BCUT2D eigenvalue weighted by Gasteiger charge is 2.10. The largest absolute Gasteiger partial charge is 0.372 e. The standard InChI is InChI=1S/C22H28N2O2/c1-4-24(5-2)19-14-15-20(17(3)16-19)23-22(26)13-9-12-21(25)18-10-7-6-8-11-18/h6-8,10-11,14-16H,4-5,9,12-13H2,1-3H3,(H,23,26). The summed E-state index contributed by atoms with van der Waals surface area (Å²) in [5, 5.41) is 2.96. The number of aryl methyl sites for hydroxylation is 1. The van der Waals surface area contributed by atoms with E-state index < -0.39 is 0 Å². The van der Waals surface area contributed by atoms with E-state index >= 15 is 0 Å². The zero-order chi connectivity index (χ0) is 18.9. The lowest BCUT2D eigenvalue weighted by molar-refractivity contribution is -0.116. The molecule has 0 aliphatic heterocycles. The zero-order valence-corrected chi connectivity index (χ0v) is 15.9. The summed E-state index contributed by atoms with van der Waals surface area (Å²) >= 11 is 0.